The van der Waals surface area contributed by atoms with E-state index in [0.29, 0.717) is 17.7 Å². The van der Waals surface area contributed by atoms with E-state index in [0.717, 1.165) is 45.4 Å². The van der Waals surface area contributed by atoms with E-state index in [4.69, 9.17) is 10.5 Å². The molecule has 19 heavy (non-hydrogen) atoms. The summed E-state index contributed by atoms with van der Waals surface area (Å²) in [6.45, 7) is 4.76. The fraction of sp³-hybridized carbons (Fsp3) is 0.933. The molecule has 4 unspecified atom stereocenters. The summed E-state index contributed by atoms with van der Waals surface area (Å²) in [5, 5.41) is 0. The van der Waals surface area contributed by atoms with Crippen LogP contribution < -0.4 is 5.73 Å². The molecule has 0 bridgehead atoms. The molecule has 0 aromatic rings. The van der Waals surface area contributed by atoms with Gasteiger partial charge in [-0.1, -0.05) is 6.92 Å². The van der Waals surface area contributed by atoms with Crippen LogP contribution in [0.4, 0.5) is 0 Å². The number of nitrogens with zero attached hydrogens (tertiary/aromatic N) is 1. The highest BCUT2D eigenvalue weighted by Crippen LogP contribution is 2.30. The number of methoxy groups -OCH3 is 1. The molecule has 4 atom stereocenters. The minimum absolute atomic E-state index is 0.153. The lowest BCUT2D eigenvalue weighted by atomic mass is 9.79. The zero-order chi connectivity index (χ0) is 13.8. The second-order valence-electron chi connectivity index (χ2n) is 6.52. The molecule has 0 aromatic carbocycles. The number of amides is 1. The Balaban J connectivity index is 1.91. The first-order valence-corrected chi connectivity index (χ1v) is 7.63. The van der Waals surface area contributed by atoms with Crippen LogP contribution in [0.25, 0.3) is 0 Å². The van der Waals surface area contributed by atoms with Crippen LogP contribution in [0.1, 0.15) is 39.0 Å². The monoisotopic (exact) mass is 268 g/mol. The summed E-state index contributed by atoms with van der Waals surface area (Å²) in [7, 11) is 1.74. The molecule has 4 heteroatoms. The third-order valence-corrected chi connectivity index (χ3v) is 4.56. The molecule has 1 aliphatic carbocycles. The molecule has 2 fully saturated rings. The smallest absolute Gasteiger partial charge is 0.225 e. The number of piperidine rings is 1. The number of likely N-dealkylation sites (tertiary alicyclic amines) is 1. The SMILES string of the molecule is COCC1CCCN(C(=O)C2CC(C)CC(N)C2)C1. The number of carbonyl (C=O) groups is 1. The maximum absolute atomic E-state index is 12.6. The molecule has 2 aliphatic rings. The summed E-state index contributed by atoms with van der Waals surface area (Å²) in [5.41, 5.74) is 6.07. The lowest BCUT2D eigenvalue weighted by Gasteiger charge is -2.38. The number of hydrogen-bond donors (Lipinski definition) is 1. The summed E-state index contributed by atoms with van der Waals surface area (Å²) in [6.07, 6.45) is 5.23. The van der Waals surface area contributed by atoms with E-state index < -0.39 is 0 Å². The van der Waals surface area contributed by atoms with Gasteiger partial charge in [0.15, 0.2) is 0 Å². The summed E-state index contributed by atoms with van der Waals surface area (Å²) < 4.78 is 5.23. The van der Waals surface area contributed by atoms with Gasteiger partial charge in [0.05, 0.1) is 6.61 Å². The van der Waals surface area contributed by atoms with Crippen LogP contribution in [0.2, 0.25) is 0 Å². The Kier molecular flexibility index (Phi) is 5.22. The Labute approximate surface area is 116 Å². The molecule has 1 saturated heterocycles. The van der Waals surface area contributed by atoms with Gasteiger partial charge in [0.25, 0.3) is 0 Å². The standard InChI is InChI=1S/C15H28N2O2/c1-11-6-13(8-14(16)7-11)15(18)17-5-3-4-12(9-17)10-19-2/h11-14H,3-10,16H2,1-2H3. The Bertz CT molecular complexity index is 297. The Morgan fingerprint density at radius 2 is 2.16 bits per heavy atom. The van der Waals surface area contributed by atoms with E-state index in [1.165, 1.54) is 6.42 Å². The van der Waals surface area contributed by atoms with Crippen LogP contribution in [-0.2, 0) is 9.53 Å². The first-order chi connectivity index (χ1) is 9.10. The summed E-state index contributed by atoms with van der Waals surface area (Å²) in [6, 6.07) is 0.206. The van der Waals surface area contributed by atoms with E-state index in [-0.39, 0.29) is 12.0 Å². The quantitative estimate of drug-likeness (QED) is 0.846. The highest BCUT2D eigenvalue weighted by atomic mass is 16.5. The first kappa shape index (κ1) is 14.8. The van der Waals surface area contributed by atoms with E-state index in [1.807, 2.05) is 0 Å². The molecule has 1 saturated carbocycles. The maximum Gasteiger partial charge on any atom is 0.225 e. The third-order valence-electron chi connectivity index (χ3n) is 4.56. The van der Waals surface area contributed by atoms with Gasteiger partial charge in [0, 0.05) is 32.2 Å². The van der Waals surface area contributed by atoms with Crippen molar-refractivity contribution in [3.63, 3.8) is 0 Å². The molecule has 2 N–H and O–H groups in total. The minimum atomic E-state index is 0.153. The van der Waals surface area contributed by atoms with Crippen molar-refractivity contribution < 1.29 is 9.53 Å². The Morgan fingerprint density at radius 1 is 1.37 bits per heavy atom. The van der Waals surface area contributed by atoms with E-state index in [2.05, 4.69) is 11.8 Å². The van der Waals surface area contributed by atoms with Gasteiger partial charge < -0.3 is 15.4 Å². The molecule has 2 rings (SSSR count). The van der Waals surface area contributed by atoms with Gasteiger partial charge in [-0.05, 0) is 43.9 Å². The average molecular weight is 268 g/mol. The van der Waals surface area contributed by atoms with Crippen LogP contribution >= 0.6 is 0 Å². The number of hydrogen-bond acceptors (Lipinski definition) is 3. The Hall–Kier alpha value is -0.610. The van der Waals surface area contributed by atoms with Gasteiger partial charge in [-0.3, -0.25) is 4.79 Å². The van der Waals surface area contributed by atoms with Crippen molar-refractivity contribution >= 4 is 5.91 Å². The van der Waals surface area contributed by atoms with Crippen molar-refractivity contribution in [1.82, 2.24) is 4.90 Å². The fourth-order valence-corrected chi connectivity index (χ4v) is 3.75. The number of nitrogens with two attached hydrogens (primary N) is 1. The normalized spacial score (nSPS) is 36.3. The van der Waals surface area contributed by atoms with E-state index in [1.54, 1.807) is 7.11 Å². The van der Waals surface area contributed by atoms with Gasteiger partial charge in [0.2, 0.25) is 5.91 Å². The van der Waals surface area contributed by atoms with E-state index >= 15 is 0 Å². The predicted octanol–water partition coefficient (Wildman–Crippen LogP) is 1.63. The highest BCUT2D eigenvalue weighted by Gasteiger charge is 2.33. The zero-order valence-electron chi connectivity index (χ0n) is 12.3. The Morgan fingerprint density at radius 3 is 2.84 bits per heavy atom. The fourth-order valence-electron chi connectivity index (χ4n) is 3.75. The molecule has 1 aliphatic heterocycles. The van der Waals surface area contributed by atoms with Gasteiger partial charge in [-0.2, -0.15) is 0 Å². The summed E-state index contributed by atoms with van der Waals surface area (Å²) in [5.74, 6) is 1.58. The summed E-state index contributed by atoms with van der Waals surface area (Å²) in [4.78, 5) is 14.7. The average Bonchev–Trinajstić information content (AvgIpc) is 2.37. The molecule has 110 valence electrons. The molecular formula is C15H28N2O2. The van der Waals surface area contributed by atoms with E-state index in [9.17, 15) is 4.79 Å². The summed E-state index contributed by atoms with van der Waals surface area (Å²) >= 11 is 0. The van der Waals surface area contributed by atoms with Gasteiger partial charge >= 0.3 is 0 Å². The van der Waals surface area contributed by atoms with Crippen LogP contribution in [-0.4, -0.2) is 43.7 Å². The number of ether oxygens (including phenoxy) is 1. The minimum Gasteiger partial charge on any atom is -0.384 e. The second kappa shape index (κ2) is 6.71. The van der Waals surface area contributed by atoms with Gasteiger partial charge in [-0.25, -0.2) is 0 Å². The van der Waals surface area contributed by atoms with Crippen LogP contribution in [0.5, 0.6) is 0 Å². The first-order valence-electron chi connectivity index (χ1n) is 7.63. The van der Waals surface area contributed by atoms with Crippen molar-refractivity contribution in [2.24, 2.45) is 23.5 Å². The molecule has 1 heterocycles. The molecule has 0 spiro atoms. The predicted molar refractivity (Wildman–Crippen MR) is 75.7 cm³/mol. The number of rotatable bonds is 3. The zero-order valence-corrected chi connectivity index (χ0v) is 12.3. The second-order valence-corrected chi connectivity index (χ2v) is 6.52. The molecular weight excluding hydrogens is 240 g/mol. The van der Waals surface area contributed by atoms with Crippen molar-refractivity contribution in [1.29, 1.82) is 0 Å². The van der Waals surface area contributed by atoms with Crippen LogP contribution in [0.15, 0.2) is 0 Å². The van der Waals surface area contributed by atoms with Crippen molar-refractivity contribution in [2.75, 3.05) is 26.8 Å². The van der Waals surface area contributed by atoms with Gasteiger partial charge in [0.1, 0.15) is 0 Å². The van der Waals surface area contributed by atoms with Crippen molar-refractivity contribution in [3.8, 4) is 0 Å². The molecule has 0 aromatic heterocycles. The lowest BCUT2D eigenvalue weighted by molar-refractivity contribution is -0.139. The lowest BCUT2D eigenvalue weighted by Crippen LogP contribution is -2.46. The third kappa shape index (κ3) is 3.93. The highest BCUT2D eigenvalue weighted by molar-refractivity contribution is 5.79. The molecule has 0 radical (unpaired) electrons. The molecule has 4 nitrogen and oxygen atoms in total. The van der Waals surface area contributed by atoms with Crippen LogP contribution in [0, 0.1) is 17.8 Å². The topological polar surface area (TPSA) is 55.6 Å². The maximum atomic E-state index is 12.6. The van der Waals surface area contributed by atoms with Crippen molar-refractivity contribution in [3.05, 3.63) is 0 Å². The largest absolute Gasteiger partial charge is 0.384 e. The van der Waals surface area contributed by atoms with Crippen LogP contribution in [0.3, 0.4) is 0 Å². The van der Waals surface area contributed by atoms with Gasteiger partial charge in [-0.15, -0.1) is 0 Å². The van der Waals surface area contributed by atoms with Crippen molar-refractivity contribution in [2.45, 2.75) is 45.1 Å². The number of carbonyl (C=O) groups excluding carboxylic acids is 1. The molecule has 1 amide bonds.